The van der Waals surface area contributed by atoms with Crippen LogP contribution in [-0.4, -0.2) is 40.4 Å². The van der Waals surface area contributed by atoms with E-state index in [1.54, 1.807) is 4.90 Å². The first-order valence-electron chi connectivity index (χ1n) is 9.14. The van der Waals surface area contributed by atoms with Gasteiger partial charge in [-0.15, -0.1) is 0 Å². The molecule has 138 valence electrons. The van der Waals surface area contributed by atoms with Gasteiger partial charge in [-0.2, -0.15) is 0 Å². The Kier molecular flexibility index (Phi) is 5.33. The number of hydrogen-bond donors (Lipinski definition) is 1. The van der Waals surface area contributed by atoms with Gasteiger partial charge in [0.15, 0.2) is 0 Å². The van der Waals surface area contributed by atoms with Crippen LogP contribution >= 0.6 is 0 Å². The number of hydrogen-bond acceptors (Lipinski definition) is 3. The minimum atomic E-state index is -0.535. The lowest BCUT2D eigenvalue weighted by atomic mass is 9.99. The summed E-state index contributed by atoms with van der Waals surface area (Å²) in [6.45, 7) is 5.90. The van der Waals surface area contributed by atoms with E-state index < -0.39 is 11.7 Å². The van der Waals surface area contributed by atoms with Gasteiger partial charge < -0.3 is 14.7 Å². The molecule has 26 heavy (non-hydrogen) atoms. The van der Waals surface area contributed by atoms with Gasteiger partial charge in [-0.05, 0) is 50.3 Å². The number of aliphatic hydroxyl groups is 1. The molecule has 2 atom stereocenters. The zero-order valence-corrected chi connectivity index (χ0v) is 15.7. The number of rotatable bonds is 3. The van der Waals surface area contributed by atoms with Gasteiger partial charge in [0.1, 0.15) is 5.60 Å². The highest BCUT2D eigenvalue weighted by Gasteiger charge is 2.36. The molecule has 0 aliphatic carbocycles. The van der Waals surface area contributed by atoms with E-state index in [-0.39, 0.29) is 12.1 Å². The predicted molar refractivity (Wildman–Crippen MR) is 103 cm³/mol. The van der Waals surface area contributed by atoms with E-state index in [1.165, 1.54) is 11.1 Å². The summed E-state index contributed by atoms with van der Waals surface area (Å²) in [4.78, 5) is 14.1. The van der Waals surface area contributed by atoms with Gasteiger partial charge in [0.25, 0.3) is 0 Å². The van der Waals surface area contributed by atoms with Crippen molar-refractivity contribution in [2.45, 2.75) is 51.4 Å². The predicted octanol–water partition coefficient (Wildman–Crippen LogP) is 4.27. The number of nitrogens with zero attached hydrogens (tertiary/aromatic N) is 1. The zero-order chi connectivity index (χ0) is 18.7. The summed E-state index contributed by atoms with van der Waals surface area (Å²) in [5.74, 6) is 0. The van der Waals surface area contributed by atoms with Crippen molar-refractivity contribution in [1.82, 2.24) is 4.90 Å². The Hall–Kier alpha value is -2.33. The number of benzene rings is 2. The Morgan fingerprint density at radius 1 is 1.08 bits per heavy atom. The highest BCUT2D eigenvalue weighted by Crippen LogP contribution is 2.25. The molecule has 0 radical (unpaired) electrons. The number of likely N-dealkylation sites (tertiary alicyclic amines) is 1. The van der Waals surface area contributed by atoms with Crippen molar-refractivity contribution in [3.05, 3.63) is 60.2 Å². The van der Waals surface area contributed by atoms with Gasteiger partial charge >= 0.3 is 6.09 Å². The first-order chi connectivity index (χ1) is 12.3. The summed E-state index contributed by atoms with van der Waals surface area (Å²) in [5.41, 5.74) is 2.97. The van der Waals surface area contributed by atoms with Crippen molar-refractivity contribution in [3.63, 3.8) is 0 Å². The van der Waals surface area contributed by atoms with Gasteiger partial charge in [-0.3, -0.25) is 0 Å². The van der Waals surface area contributed by atoms with Crippen LogP contribution in [0.5, 0.6) is 0 Å². The number of amides is 1. The fourth-order valence-corrected chi connectivity index (χ4v) is 3.37. The van der Waals surface area contributed by atoms with Crippen LogP contribution in [0.2, 0.25) is 0 Å². The minimum Gasteiger partial charge on any atom is -0.444 e. The van der Waals surface area contributed by atoms with Crippen LogP contribution in [-0.2, 0) is 11.2 Å². The molecule has 0 saturated carbocycles. The minimum absolute atomic E-state index is 0.0394. The molecule has 1 heterocycles. The summed E-state index contributed by atoms with van der Waals surface area (Å²) in [6.07, 6.45) is 0.460. The molecule has 4 nitrogen and oxygen atoms in total. The summed E-state index contributed by atoms with van der Waals surface area (Å²) in [7, 11) is 0. The summed E-state index contributed by atoms with van der Waals surface area (Å²) < 4.78 is 5.49. The molecule has 1 amide bonds. The number of aliphatic hydroxyl groups excluding tert-OH is 1. The molecule has 1 saturated heterocycles. The maximum atomic E-state index is 12.4. The number of carbonyl (C=O) groups excluding carboxylic acids is 1. The van der Waals surface area contributed by atoms with Crippen molar-refractivity contribution < 1.29 is 14.6 Å². The van der Waals surface area contributed by atoms with Gasteiger partial charge in [0.05, 0.1) is 12.6 Å². The fourth-order valence-electron chi connectivity index (χ4n) is 3.37. The van der Waals surface area contributed by atoms with Crippen LogP contribution in [0.3, 0.4) is 0 Å². The lowest BCUT2D eigenvalue weighted by Crippen LogP contribution is -2.41. The molecule has 4 heteroatoms. The maximum absolute atomic E-state index is 12.4. The molecule has 2 aromatic carbocycles. The molecule has 1 N–H and O–H groups in total. The first-order valence-corrected chi connectivity index (χ1v) is 9.14. The van der Waals surface area contributed by atoms with Crippen LogP contribution in [0.1, 0.15) is 32.8 Å². The van der Waals surface area contributed by atoms with E-state index in [2.05, 4.69) is 36.4 Å². The van der Waals surface area contributed by atoms with Crippen molar-refractivity contribution in [2.75, 3.05) is 6.54 Å². The molecule has 1 aliphatic heterocycles. The largest absolute Gasteiger partial charge is 0.444 e. The van der Waals surface area contributed by atoms with Crippen LogP contribution in [0.15, 0.2) is 54.6 Å². The first kappa shape index (κ1) is 18.5. The van der Waals surface area contributed by atoms with Crippen LogP contribution in [0, 0.1) is 0 Å². The Labute approximate surface area is 155 Å². The number of carbonyl (C=O) groups is 1. The molecule has 1 aliphatic rings. The van der Waals surface area contributed by atoms with Crippen LogP contribution in [0.25, 0.3) is 11.1 Å². The summed E-state index contributed by atoms with van der Waals surface area (Å²) in [5, 5.41) is 10.0. The van der Waals surface area contributed by atoms with Crippen molar-refractivity contribution in [3.8, 4) is 11.1 Å². The van der Waals surface area contributed by atoms with E-state index >= 15 is 0 Å². The molecule has 0 bridgehead atoms. The Morgan fingerprint density at radius 2 is 1.69 bits per heavy atom. The van der Waals surface area contributed by atoms with Crippen molar-refractivity contribution in [2.24, 2.45) is 0 Å². The molecule has 0 aromatic heterocycles. The number of β-amino-alcohol motifs (C(OH)–C–C–N with tert-alkyl or cyclic N) is 1. The SMILES string of the molecule is CC(C)(C)OC(=O)N1CC(O)C[C@H]1Cc1ccc(-c2ccccc2)cc1. The van der Waals surface area contributed by atoms with Gasteiger partial charge in [0, 0.05) is 6.04 Å². The van der Waals surface area contributed by atoms with E-state index in [0.29, 0.717) is 19.4 Å². The molecular weight excluding hydrogens is 326 g/mol. The molecule has 2 aromatic rings. The maximum Gasteiger partial charge on any atom is 0.410 e. The third-order valence-electron chi connectivity index (χ3n) is 4.55. The second-order valence-corrected chi connectivity index (χ2v) is 7.94. The van der Waals surface area contributed by atoms with Crippen LogP contribution in [0.4, 0.5) is 4.79 Å². The Morgan fingerprint density at radius 3 is 2.31 bits per heavy atom. The van der Waals surface area contributed by atoms with E-state index in [4.69, 9.17) is 4.74 Å². The smallest absolute Gasteiger partial charge is 0.410 e. The topological polar surface area (TPSA) is 49.8 Å². The molecule has 0 spiro atoms. The van der Waals surface area contributed by atoms with E-state index in [0.717, 1.165) is 5.56 Å². The molecule has 1 unspecified atom stereocenters. The second kappa shape index (κ2) is 7.50. The average molecular weight is 353 g/mol. The standard InChI is InChI=1S/C22H27NO3/c1-22(2,3)26-21(25)23-15-20(24)14-19(23)13-16-9-11-18(12-10-16)17-7-5-4-6-8-17/h4-12,19-20,24H,13-15H2,1-3H3/t19-,20?/m1/s1. The third-order valence-corrected chi connectivity index (χ3v) is 4.55. The monoisotopic (exact) mass is 353 g/mol. The zero-order valence-electron chi connectivity index (χ0n) is 15.7. The normalized spacial score (nSPS) is 20.2. The lowest BCUT2D eigenvalue weighted by Gasteiger charge is -2.28. The van der Waals surface area contributed by atoms with Crippen molar-refractivity contribution in [1.29, 1.82) is 0 Å². The van der Waals surface area contributed by atoms with Crippen LogP contribution < -0.4 is 0 Å². The van der Waals surface area contributed by atoms with Gasteiger partial charge in [-0.1, -0.05) is 54.6 Å². The fraction of sp³-hybridized carbons (Fsp3) is 0.409. The van der Waals surface area contributed by atoms with Gasteiger partial charge in [0.2, 0.25) is 0 Å². The third kappa shape index (κ3) is 4.64. The Bertz CT molecular complexity index is 734. The molecular formula is C22H27NO3. The number of ether oxygens (including phenoxy) is 1. The lowest BCUT2D eigenvalue weighted by molar-refractivity contribution is 0.0208. The highest BCUT2D eigenvalue weighted by atomic mass is 16.6. The van der Waals surface area contributed by atoms with Gasteiger partial charge in [-0.25, -0.2) is 4.79 Å². The molecule has 1 fully saturated rings. The second-order valence-electron chi connectivity index (χ2n) is 7.94. The van der Waals surface area contributed by atoms with E-state index in [9.17, 15) is 9.90 Å². The highest BCUT2D eigenvalue weighted by molar-refractivity contribution is 5.69. The van der Waals surface area contributed by atoms with Crippen molar-refractivity contribution >= 4 is 6.09 Å². The van der Waals surface area contributed by atoms with E-state index in [1.807, 2.05) is 39.0 Å². The summed E-state index contributed by atoms with van der Waals surface area (Å²) >= 11 is 0. The average Bonchev–Trinajstić information content (AvgIpc) is 2.95. The quantitative estimate of drug-likeness (QED) is 0.897. The molecule has 3 rings (SSSR count). The summed E-state index contributed by atoms with van der Waals surface area (Å²) in [6, 6.07) is 18.6. The Balaban J connectivity index is 1.69.